The first-order valence-corrected chi connectivity index (χ1v) is 12.5. The molecule has 3 amide bonds. The molecule has 0 unspecified atom stereocenters. The Kier molecular flexibility index (Phi) is 8.46. The van der Waals surface area contributed by atoms with Gasteiger partial charge in [0.1, 0.15) is 10.7 Å². The maximum absolute atomic E-state index is 13.1. The minimum atomic E-state index is -0.721. The molecule has 11 heteroatoms. The van der Waals surface area contributed by atoms with E-state index in [2.05, 4.69) is 10.6 Å². The molecule has 1 heterocycles. The molecule has 1 aliphatic rings. The molecule has 3 aromatic carbocycles. The zero-order valence-corrected chi connectivity index (χ0v) is 22.6. The highest BCUT2D eigenvalue weighted by atomic mass is 35.5. The Morgan fingerprint density at radius 2 is 1.58 bits per heavy atom. The molecule has 0 saturated heterocycles. The first-order chi connectivity index (χ1) is 18.2. The molecular weight excluding hydrogens is 553 g/mol. The van der Waals surface area contributed by atoms with E-state index in [1.54, 1.807) is 38.5 Å². The van der Waals surface area contributed by atoms with E-state index in [1.807, 2.05) is 18.2 Å². The van der Waals surface area contributed by atoms with Crippen LogP contribution < -0.4 is 25.0 Å². The van der Waals surface area contributed by atoms with Crippen molar-refractivity contribution in [3.05, 3.63) is 92.6 Å². The van der Waals surface area contributed by atoms with E-state index in [4.69, 9.17) is 44.3 Å². The van der Waals surface area contributed by atoms with Crippen molar-refractivity contribution in [2.45, 2.75) is 6.42 Å². The van der Waals surface area contributed by atoms with Crippen LogP contribution in [0.5, 0.6) is 11.5 Å². The number of benzene rings is 3. The van der Waals surface area contributed by atoms with Gasteiger partial charge in [0.25, 0.3) is 17.7 Å². The Morgan fingerprint density at radius 3 is 2.26 bits per heavy atom. The van der Waals surface area contributed by atoms with Crippen LogP contribution in [0.15, 0.2) is 71.4 Å². The van der Waals surface area contributed by atoms with Gasteiger partial charge in [-0.15, -0.1) is 0 Å². The van der Waals surface area contributed by atoms with Gasteiger partial charge in [-0.1, -0.05) is 46.9 Å². The van der Waals surface area contributed by atoms with Gasteiger partial charge in [0.2, 0.25) is 0 Å². The molecule has 0 atom stereocenters. The van der Waals surface area contributed by atoms with Crippen molar-refractivity contribution in [1.29, 1.82) is 0 Å². The van der Waals surface area contributed by atoms with Crippen LogP contribution in [0, 0.1) is 0 Å². The molecule has 0 fully saturated rings. The summed E-state index contributed by atoms with van der Waals surface area (Å²) in [6, 6.07) is 16.4. The summed E-state index contributed by atoms with van der Waals surface area (Å²) in [7, 11) is 3.13. The average Bonchev–Trinajstić information content (AvgIpc) is 3.11. The molecule has 4 rings (SSSR count). The molecule has 38 heavy (non-hydrogen) atoms. The third-order valence-electron chi connectivity index (χ3n) is 5.67. The predicted molar refractivity (Wildman–Crippen MR) is 147 cm³/mol. The largest absolute Gasteiger partial charge is 0.493 e. The summed E-state index contributed by atoms with van der Waals surface area (Å²) in [6.45, 7) is 0.382. The lowest BCUT2D eigenvalue weighted by Gasteiger charge is -2.16. The quantitative estimate of drug-likeness (QED) is 0.331. The van der Waals surface area contributed by atoms with Crippen LogP contribution >= 0.6 is 34.8 Å². The molecule has 0 bridgehead atoms. The smallest absolute Gasteiger partial charge is 0.283 e. The normalized spacial score (nSPS) is 13.1. The van der Waals surface area contributed by atoms with E-state index in [0.717, 1.165) is 10.5 Å². The number of ether oxygens (including phenoxy) is 2. The fourth-order valence-electron chi connectivity index (χ4n) is 3.86. The number of hydrogen-bond acceptors (Lipinski definition) is 6. The lowest BCUT2D eigenvalue weighted by Crippen LogP contribution is -2.32. The Labute approximate surface area is 234 Å². The van der Waals surface area contributed by atoms with Gasteiger partial charge in [-0.05, 0) is 60.5 Å². The van der Waals surface area contributed by atoms with E-state index in [-0.39, 0.29) is 32.4 Å². The minimum absolute atomic E-state index is 0.126. The van der Waals surface area contributed by atoms with Crippen LogP contribution in [0.2, 0.25) is 10.0 Å². The van der Waals surface area contributed by atoms with Gasteiger partial charge in [0.05, 0.1) is 19.9 Å². The second-order valence-corrected chi connectivity index (χ2v) is 9.41. The number of carbonyl (C=O) groups is 3. The molecule has 0 aliphatic carbocycles. The molecule has 3 aromatic rings. The number of methoxy groups -OCH3 is 2. The standard InChI is InChI=1S/C27H22Cl3N3O5/c1-37-21-7-6-15(10-22(21)38-2)8-9-31-25(34)16-4-3-5-19(11-16)32-24-23(30)26(35)33(27(24)36)20-13-17(28)12-18(29)14-20/h3-7,10-14,32H,8-9H2,1-2H3,(H,31,34). The number of carbonyl (C=O) groups excluding carboxylic acids is 3. The maximum Gasteiger partial charge on any atom is 0.283 e. The van der Waals surface area contributed by atoms with Gasteiger partial charge >= 0.3 is 0 Å². The van der Waals surface area contributed by atoms with Gasteiger partial charge in [-0.25, -0.2) is 4.90 Å². The van der Waals surface area contributed by atoms with Gasteiger partial charge in [0.15, 0.2) is 11.5 Å². The molecule has 1 aliphatic heterocycles. The second kappa shape index (κ2) is 11.8. The van der Waals surface area contributed by atoms with Gasteiger partial charge in [0, 0.05) is 27.8 Å². The summed E-state index contributed by atoms with van der Waals surface area (Å²) in [5.74, 6) is -0.468. The van der Waals surface area contributed by atoms with Crippen molar-refractivity contribution in [2.75, 3.05) is 31.0 Å². The fourth-order valence-corrected chi connectivity index (χ4v) is 4.58. The molecular formula is C27H22Cl3N3O5. The minimum Gasteiger partial charge on any atom is -0.493 e. The molecule has 0 aromatic heterocycles. The van der Waals surface area contributed by atoms with Crippen LogP contribution in [0.25, 0.3) is 0 Å². The summed E-state index contributed by atoms with van der Waals surface area (Å²) < 4.78 is 10.6. The lowest BCUT2D eigenvalue weighted by atomic mass is 10.1. The molecule has 0 radical (unpaired) electrons. The third-order valence-corrected chi connectivity index (χ3v) is 6.46. The van der Waals surface area contributed by atoms with E-state index in [9.17, 15) is 14.4 Å². The van der Waals surface area contributed by atoms with Crippen molar-refractivity contribution in [1.82, 2.24) is 5.32 Å². The van der Waals surface area contributed by atoms with E-state index in [0.29, 0.717) is 35.7 Å². The van der Waals surface area contributed by atoms with Gasteiger partial charge in [-0.2, -0.15) is 0 Å². The topological polar surface area (TPSA) is 97.0 Å². The summed E-state index contributed by atoms with van der Waals surface area (Å²) in [5, 5.41) is 5.96. The van der Waals surface area contributed by atoms with Crippen LogP contribution in [0.1, 0.15) is 15.9 Å². The Balaban J connectivity index is 1.42. The first-order valence-electron chi connectivity index (χ1n) is 11.3. The monoisotopic (exact) mass is 573 g/mol. The number of nitrogens with one attached hydrogen (secondary N) is 2. The number of nitrogens with zero attached hydrogens (tertiary/aromatic N) is 1. The van der Waals surface area contributed by atoms with Crippen molar-refractivity contribution in [3.8, 4) is 11.5 Å². The molecule has 8 nitrogen and oxygen atoms in total. The highest BCUT2D eigenvalue weighted by molar-refractivity contribution is 6.53. The van der Waals surface area contributed by atoms with E-state index < -0.39 is 11.8 Å². The second-order valence-electron chi connectivity index (χ2n) is 8.16. The highest BCUT2D eigenvalue weighted by Crippen LogP contribution is 2.33. The first kappa shape index (κ1) is 27.3. The molecule has 196 valence electrons. The molecule has 0 saturated carbocycles. The predicted octanol–water partition coefficient (Wildman–Crippen LogP) is 5.42. The van der Waals surface area contributed by atoms with Crippen molar-refractivity contribution in [2.24, 2.45) is 0 Å². The van der Waals surface area contributed by atoms with Crippen molar-refractivity contribution >= 4 is 63.9 Å². The third kappa shape index (κ3) is 5.88. The fraction of sp³-hybridized carbons (Fsp3) is 0.148. The number of hydrogen-bond donors (Lipinski definition) is 2. The summed E-state index contributed by atoms with van der Waals surface area (Å²) in [4.78, 5) is 39.4. The van der Waals surface area contributed by atoms with Crippen molar-refractivity contribution < 1.29 is 23.9 Å². The summed E-state index contributed by atoms with van der Waals surface area (Å²) >= 11 is 18.3. The number of halogens is 3. The number of imide groups is 1. The lowest BCUT2D eigenvalue weighted by molar-refractivity contribution is -0.120. The number of amides is 3. The van der Waals surface area contributed by atoms with E-state index in [1.165, 1.54) is 18.2 Å². The zero-order chi connectivity index (χ0) is 27.4. The number of anilines is 2. The van der Waals surface area contributed by atoms with Crippen LogP contribution in [0.4, 0.5) is 11.4 Å². The SMILES string of the molecule is COc1ccc(CCNC(=O)c2cccc(NC3=C(Cl)C(=O)N(c4cc(Cl)cc(Cl)c4)C3=O)c2)cc1OC. The van der Waals surface area contributed by atoms with Crippen LogP contribution in [0.3, 0.4) is 0 Å². The highest BCUT2D eigenvalue weighted by Gasteiger charge is 2.39. The summed E-state index contributed by atoms with van der Waals surface area (Å²) in [5.41, 5.74) is 1.79. The van der Waals surface area contributed by atoms with E-state index >= 15 is 0 Å². The van der Waals surface area contributed by atoms with Crippen molar-refractivity contribution in [3.63, 3.8) is 0 Å². The molecule has 0 spiro atoms. The Bertz CT molecular complexity index is 1440. The molecule has 2 N–H and O–H groups in total. The number of rotatable bonds is 9. The maximum atomic E-state index is 13.1. The van der Waals surface area contributed by atoms with Gasteiger partial charge in [-0.3, -0.25) is 14.4 Å². The Morgan fingerprint density at radius 1 is 0.868 bits per heavy atom. The summed E-state index contributed by atoms with van der Waals surface area (Å²) in [6.07, 6.45) is 0.576. The van der Waals surface area contributed by atoms with Gasteiger partial charge < -0.3 is 20.1 Å². The van der Waals surface area contributed by atoms with Crippen LogP contribution in [-0.2, 0) is 16.0 Å². The zero-order valence-electron chi connectivity index (χ0n) is 20.3. The van der Waals surface area contributed by atoms with Crippen LogP contribution in [-0.4, -0.2) is 38.5 Å². The Hall–Kier alpha value is -3.72. The average molecular weight is 575 g/mol.